The topological polar surface area (TPSA) is 133 Å². The van der Waals surface area contributed by atoms with Crippen molar-refractivity contribution in [2.24, 2.45) is 0 Å². The van der Waals surface area contributed by atoms with Gasteiger partial charge in [0.1, 0.15) is 17.0 Å². The molecule has 11 nitrogen and oxygen atoms in total. The van der Waals surface area contributed by atoms with E-state index in [4.69, 9.17) is 28.8 Å². The van der Waals surface area contributed by atoms with E-state index >= 15 is 0 Å². The number of hydrogen-bond acceptors (Lipinski definition) is 9. The summed E-state index contributed by atoms with van der Waals surface area (Å²) < 4.78 is 27.2. The van der Waals surface area contributed by atoms with Crippen LogP contribution in [-0.2, 0) is 25.4 Å². The first-order valence-electron chi connectivity index (χ1n) is 11.8. The molecule has 0 aliphatic carbocycles. The molecule has 1 aliphatic rings. The number of aliphatic hydroxyl groups excluding tert-OH is 1. The summed E-state index contributed by atoms with van der Waals surface area (Å²) in [6.45, 7) is 9.92. The molecule has 2 N–H and O–H groups in total. The van der Waals surface area contributed by atoms with Crippen LogP contribution in [0.15, 0.2) is 24.3 Å². The lowest BCUT2D eigenvalue weighted by atomic mass is 10.0. The summed E-state index contributed by atoms with van der Waals surface area (Å²) in [5.41, 5.74) is -0.754. The Labute approximate surface area is 212 Å². The highest BCUT2D eigenvalue weighted by Gasteiger charge is 2.50. The molecule has 1 saturated heterocycles. The highest BCUT2D eigenvalue weighted by atomic mass is 16.7. The summed E-state index contributed by atoms with van der Waals surface area (Å²) in [4.78, 5) is 39.5. The lowest BCUT2D eigenvalue weighted by molar-refractivity contribution is -0.0518. The predicted molar refractivity (Wildman–Crippen MR) is 130 cm³/mol. The molecule has 1 heterocycles. The first-order chi connectivity index (χ1) is 16.7. The molecule has 0 spiro atoms. The van der Waals surface area contributed by atoms with E-state index in [1.165, 1.54) is 4.90 Å². The number of rotatable bonds is 7. The van der Waals surface area contributed by atoms with Gasteiger partial charge in [-0.25, -0.2) is 14.4 Å². The molecule has 0 aromatic heterocycles. The van der Waals surface area contributed by atoms with Gasteiger partial charge in [-0.2, -0.15) is 0 Å². The number of benzene rings is 1. The monoisotopic (exact) mass is 510 g/mol. The molecular weight excluding hydrogens is 472 g/mol. The molecule has 1 aliphatic heterocycles. The maximum atomic E-state index is 13.1. The van der Waals surface area contributed by atoms with Crippen molar-refractivity contribution in [2.75, 3.05) is 26.8 Å². The van der Waals surface area contributed by atoms with E-state index < -0.39 is 47.8 Å². The zero-order valence-electron chi connectivity index (χ0n) is 22.0. The first kappa shape index (κ1) is 29.0. The molecule has 36 heavy (non-hydrogen) atoms. The van der Waals surface area contributed by atoms with Crippen molar-refractivity contribution in [2.45, 2.75) is 77.4 Å². The molecule has 0 radical (unpaired) electrons. The van der Waals surface area contributed by atoms with Crippen LogP contribution >= 0.6 is 0 Å². The fourth-order valence-electron chi connectivity index (χ4n) is 3.60. The average molecular weight is 511 g/mol. The molecular formula is C25H38N2O9. The second kappa shape index (κ2) is 12.2. The van der Waals surface area contributed by atoms with Gasteiger partial charge in [0.25, 0.3) is 0 Å². The van der Waals surface area contributed by atoms with Crippen molar-refractivity contribution in [3.05, 3.63) is 29.8 Å². The lowest BCUT2D eigenvalue weighted by Crippen LogP contribution is -2.46. The maximum Gasteiger partial charge on any atom is 0.509 e. The first-order valence-corrected chi connectivity index (χ1v) is 11.8. The SMILES string of the molecule is COc1ccc(C[C@@H]2[C@H](OC(=O)NCCO)[C@@H](OC(=O)OC(C)(C)C)CN2C(=O)OC(C)(C)C)cc1. The van der Waals surface area contributed by atoms with Crippen molar-refractivity contribution in [3.8, 4) is 5.75 Å². The number of hydrogen-bond donors (Lipinski definition) is 2. The summed E-state index contributed by atoms with van der Waals surface area (Å²) in [7, 11) is 1.56. The minimum Gasteiger partial charge on any atom is -0.497 e. The smallest absolute Gasteiger partial charge is 0.497 e. The van der Waals surface area contributed by atoms with Gasteiger partial charge >= 0.3 is 18.3 Å². The molecule has 2 rings (SSSR count). The Balaban J connectivity index is 2.39. The van der Waals surface area contributed by atoms with Gasteiger partial charge in [0, 0.05) is 6.54 Å². The third-order valence-electron chi connectivity index (χ3n) is 5.02. The molecule has 3 atom stereocenters. The number of likely N-dealkylation sites (tertiary alicyclic amines) is 1. The van der Waals surface area contributed by atoms with Crippen molar-refractivity contribution >= 4 is 18.3 Å². The van der Waals surface area contributed by atoms with E-state index in [1.807, 2.05) is 12.1 Å². The number of amides is 2. The van der Waals surface area contributed by atoms with Gasteiger partial charge in [-0.1, -0.05) is 12.1 Å². The Morgan fingerprint density at radius 3 is 2.14 bits per heavy atom. The van der Waals surface area contributed by atoms with Gasteiger partial charge in [0.2, 0.25) is 0 Å². The molecule has 1 fully saturated rings. The van der Waals surface area contributed by atoms with E-state index in [2.05, 4.69) is 5.32 Å². The van der Waals surface area contributed by atoms with Crippen molar-refractivity contribution < 1.29 is 43.2 Å². The molecule has 0 unspecified atom stereocenters. The van der Waals surface area contributed by atoms with E-state index in [-0.39, 0.29) is 26.1 Å². The Morgan fingerprint density at radius 2 is 1.61 bits per heavy atom. The maximum absolute atomic E-state index is 13.1. The summed E-state index contributed by atoms with van der Waals surface area (Å²) in [5.74, 6) is 0.663. The van der Waals surface area contributed by atoms with Crippen LogP contribution < -0.4 is 10.1 Å². The molecule has 2 amide bonds. The van der Waals surface area contributed by atoms with E-state index in [1.54, 1.807) is 60.8 Å². The third kappa shape index (κ3) is 9.10. The quantitative estimate of drug-likeness (QED) is 0.419. The van der Waals surface area contributed by atoms with Gasteiger partial charge in [-0.15, -0.1) is 0 Å². The number of methoxy groups -OCH3 is 1. The number of alkyl carbamates (subject to hydrolysis) is 1. The zero-order chi connectivity index (χ0) is 27.1. The third-order valence-corrected chi connectivity index (χ3v) is 5.02. The van der Waals surface area contributed by atoms with Crippen LogP contribution in [0.4, 0.5) is 14.4 Å². The van der Waals surface area contributed by atoms with E-state index in [0.29, 0.717) is 5.75 Å². The molecule has 0 saturated carbocycles. The second-order valence-corrected chi connectivity index (χ2v) is 10.4. The standard InChI is InChI=1S/C25H38N2O9/c1-24(2,3)35-22(30)27-15-19(33-23(31)36-25(4,5)6)20(34-21(29)26-12-13-28)18(27)14-16-8-10-17(32-7)11-9-16/h8-11,18-20,28H,12-15H2,1-7H3,(H,26,29)/t18-,19+,20+/m1/s1. The number of carbonyl (C=O) groups excluding carboxylic acids is 3. The highest BCUT2D eigenvalue weighted by Crippen LogP contribution is 2.30. The molecule has 1 aromatic carbocycles. The Kier molecular flexibility index (Phi) is 9.80. The number of aliphatic hydroxyl groups is 1. The number of carbonyl (C=O) groups is 3. The Bertz CT molecular complexity index is 890. The Morgan fingerprint density at radius 1 is 1.00 bits per heavy atom. The van der Waals surface area contributed by atoms with Crippen molar-refractivity contribution in [1.82, 2.24) is 10.2 Å². The minimum absolute atomic E-state index is 0.0257. The average Bonchev–Trinajstić information content (AvgIpc) is 3.07. The van der Waals surface area contributed by atoms with Crippen LogP contribution in [0.5, 0.6) is 5.75 Å². The predicted octanol–water partition coefficient (Wildman–Crippen LogP) is 3.26. The van der Waals surface area contributed by atoms with Gasteiger partial charge in [0.15, 0.2) is 12.2 Å². The van der Waals surface area contributed by atoms with Gasteiger partial charge in [-0.05, 0) is 65.7 Å². The normalized spacial score (nSPS) is 19.9. The molecule has 202 valence electrons. The number of nitrogens with zero attached hydrogens (tertiary/aromatic N) is 1. The van der Waals surface area contributed by atoms with Gasteiger partial charge < -0.3 is 34.1 Å². The zero-order valence-corrected chi connectivity index (χ0v) is 22.0. The van der Waals surface area contributed by atoms with Crippen LogP contribution in [0, 0.1) is 0 Å². The van der Waals surface area contributed by atoms with Crippen LogP contribution in [0.1, 0.15) is 47.1 Å². The second-order valence-electron chi connectivity index (χ2n) is 10.4. The van der Waals surface area contributed by atoms with Crippen LogP contribution in [0.25, 0.3) is 0 Å². The molecule has 0 bridgehead atoms. The van der Waals surface area contributed by atoms with Crippen LogP contribution in [0.3, 0.4) is 0 Å². The van der Waals surface area contributed by atoms with E-state index in [0.717, 1.165) is 5.56 Å². The molecule has 1 aromatic rings. The lowest BCUT2D eigenvalue weighted by Gasteiger charge is -2.30. The van der Waals surface area contributed by atoms with Crippen LogP contribution in [0.2, 0.25) is 0 Å². The van der Waals surface area contributed by atoms with Crippen molar-refractivity contribution in [1.29, 1.82) is 0 Å². The fourth-order valence-corrected chi connectivity index (χ4v) is 3.60. The van der Waals surface area contributed by atoms with Crippen molar-refractivity contribution in [3.63, 3.8) is 0 Å². The summed E-state index contributed by atoms with van der Waals surface area (Å²) >= 11 is 0. The number of ether oxygens (including phenoxy) is 5. The number of nitrogens with one attached hydrogen (secondary N) is 1. The molecule has 11 heteroatoms. The Hall–Kier alpha value is -3.21. The minimum atomic E-state index is -1.04. The van der Waals surface area contributed by atoms with E-state index in [9.17, 15) is 14.4 Å². The largest absolute Gasteiger partial charge is 0.509 e. The summed E-state index contributed by atoms with van der Waals surface area (Å²) in [5, 5.41) is 11.5. The van der Waals surface area contributed by atoms with Gasteiger partial charge in [0.05, 0.1) is 26.3 Å². The highest BCUT2D eigenvalue weighted by molar-refractivity contribution is 5.71. The van der Waals surface area contributed by atoms with Crippen LogP contribution in [-0.4, -0.2) is 84.6 Å². The fraction of sp³-hybridized carbons (Fsp3) is 0.640. The summed E-state index contributed by atoms with van der Waals surface area (Å²) in [6.07, 6.45) is -4.19. The summed E-state index contributed by atoms with van der Waals surface area (Å²) in [6, 6.07) is 6.50. The van der Waals surface area contributed by atoms with Gasteiger partial charge in [-0.3, -0.25) is 4.90 Å².